The number of para-hydroxylation sites is 2. The minimum atomic E-state index is -0.0206. The zero-order chi connectivity index (χ0) is 17.1. The van der Waals surface area contributed by atoms with Gasteiger partial charge in [-0.25, -0.2) is 4.98 Å². The first kappa shape index (κ1) is 15.5. The maximum absolute atomic E-state index is 12.1. The molecule has 0 radical (unpaired) electrons. The van der Waals surface area contributed by atoms with Crippen molar-refractivity contribution in [1.29, 1.82) is 0 Å². The number of aryl methyl sites for hydroxylation is 1. The number of hydrogen-bond donors (Lipinski definition) is 2. The summed E-state index contributed by atoms with van der Waals surface area (Å²) >= 11 is 0. The van der Waals surface area contributed by atoms with Crippen LogP contribution in [0.25, 0.3) is 11.0 Å². The highest BCUT2D eigenvalue weighted by Gasteiger charge is 2.13. The third kappa shape index (κ3) is 3.57. The van der Waals surface area contributed by atoms with Crippen LogP contribution in [0.3, 0.4) is 0 Å². The first-order chi connectivity index (χ1) is 12.3. The Morgan fingerprint density at radius 3 is 2.84 bits per heavy atom. The molecule has 6 nitrogen and oxygen atoms in total. The van der Waals surface area contributed by atoms with Crippen LogP contribution >= 0.6 is 0 Å². The summed E-state index contributed by atoms with van der Waals surface area (Å²) in [6.45, 7) is 1.09. The van der Waals surface area contributed by atoms with Gasteiger partial charge in [0.05, 0.1) is 11.0 Å². The Balaban J connectivity index is 1.30. The van der Waals surface area contributed by atoms with Gasteiger partial charge in [-0.15, -0.1) is 0 Å². The van der Waals surface area contributed by atoms with Crippen molar-refractivity contribution in [1.82, 2.24) is 9.97 Å². The third-order valence-electron chi connectivity index (χ3n) is 4.08. The van der Waals surface area contributed by atoms with Crippen molar-refractivity contribution in [3.8, 4) is 11.5 Å². The Bertz CT molecular complexity index is 871. The average molecular weight is 337 g/mol. The minimum Gasteiger partial charge on any atom is -0.486 e. The molecule has 1 aliphatic heterocycles. The number of amides is 1. The maximum Gasteiger partial charge on any atom is 0.224 e. The lowest BCUT2D eigenvalue weighted by Gasteiger charge is -2.19. The van der Waals surface area contributed by atoms with E-state index in [0.717, 1.165) is 35.4 Å². The van der Waals surface area contributed by atoms with Gasteiger partial charge in [0.25, 0.3) is 0 Å². The minimum absolute atomic E-state index is 0.0206. The topological polar surface area (TPSA) is 76.2 Å². The van der Waals surface area contributed by atoms with Gasteiger partial charge in [-0.1, -0.05) is 12.1 Å². The fourth-order valence-electron chi connectivity index (χ4n) is 2.89. The van der Waals surface area contributed by atoms with Crippen LogP contribution < -0.4 is 14.8 Å². The number of rotatable bonds is 5. The van der Waals surface area contributed by atoms with Gasteiger partial charge in [-0.05, 0) is 30.7 Å². The molecule has 3 aromatic rings. The Kier molecular flexibility index (Phi) is 4.24. The molecule has 0 fully saturated rings. The molecule has 2 aromatic carbocycles. The molecule has 1 aliphatic rings. The number of benzene rings is 2. The normalized spacial score (nSPS) is 13.0. The largest absolute Gasteiger partial charge is 0.486 e. The molecule has 0 spiro atoms. The predicted octanol–water partition coefficient (Wildman–Crippen LogP) is 3.30. The van der Waals surface area contributed by atoms with Crippen molar-refractivity contribution < 1.29 is 14.3 Å². The fourth-order valence-corrected chi connectivity index (χ4v) is 2.89. The van der Waals surface area contributed by atoms with Gasteiger partial charge in [-0.2, -0.15) is 0 Å². The zero-order valence-corrected chi connectivity index (χ0v) is 13.7. The van der Waals surface area contributed by atoms with E-state index in [1.165, 1.54) is 0 Å². The molecule has 0 saturated heterocycles. The number of aromatic nitrogens is 2. The number of nitrogens with one attached hydrogen (secondary N) is 2. The molecule has 0 unspecified atom stereocenters. The summed E-state index contributed by atoms with van der Waals surface area (Å²) in [7, 11) is 0. The van der Waals surface area contributed by atoms with Crippen molar-refractivity contribution in [2.24, 2.45) is 0 Å². The van der Waals surface area contributed by atoms with Crippen molar-refractivity contribution in [2.45, 2.75) is 19.3 Å². The molecule has 2 heterocycles. The van der Waals surface area contributed by atoms with Gasteiger partial charge in [0, 0.05) is 24.6 Å². The maximum atomic E-state index is 12.1. The molecule has 1 aromatic heterocycles. The molecule has 0 saturated carbocycles. The predicted molar refractivity (Wildman–Crippen MR) is 95.1 cm³/mol. The lowest BCUT2D eigenvalue weighted by molar-refractivity contribution is -0.116. The van der Waals surface area contributed by atoms with Gasteiger partial charge in [0.15, 0.2) is 11.5 Å². The van der Waals surface area contributed by atoms with Gasteiger partial charge in [0.1, 0.15) is 19.0 Å². The summed E-state index contributed by atoms with van der Waals surface area (Å²) in [4.78, 5) is 19.9. The SMILES string of the molecule is O=C(CCCc1nc2ccccc2[nH]1)Nc1ccc2c(c1)OCCO2. The molecule has 2 N–H and O–H groups in total. The average Bonchev–Trinajstić information content (AvgIpc) is 3.04. The number of aromatic amines is 1. The summed E-state index contributed by atoms with van der Waals surface area (Å²) in [5.74, 6) is 2.28. The monoisotopic (exact) mass is 337 g/mol. The molecule has 0 aliphatic carbocycles. The third-order valence-corrected chi connectivity index (χ3v) is 4.08. The number of carbonyl (C=O) groups excluding carboxylic acids is 1. The van der Waals surface area contributed by atoms with Gasteiger partial charge in [-0.3, -0.25) is 4.79 Å². The Morgan fingerprint density at radius 1 is 1.12 bits per heavy atom. The Labute approximate surface area is 145 Å². The fraction of sp³-hybridized carbons (Fsp3) is 0.263. The van der Waals surface area contributed by atoms with Crippen LogP contribution in [0.1, 0.15) is 18.7 Å². The van der Waals surface area contributed by atoms with Crippen molar-refractivity contribution in [3.05, 3.63) is 48.3 Å². The van der Waals surface area contributed by atoms with Crippen LogP contribution in [-0.4, -0.2) is 29.1 Å². The van der Waals surface area contributed by atoms with Crippen LogP contribution in [0.15, 0.2) is 42.5 Å². The second-order valence-electron chi connectivity index (χ2n) is 5.96. The van der Waals surface area contributed by atoms with E-state index in [0.29, 0.717) is 31.1 Å². The van der Waals surface area contributed by atoms with Crippen LogP contribution in [0.5, 0.6) is 11.5 Å². The molecule has 0 bridgehead atoms. The summed E-state index contributed by atoms with van der Waals surface area (Å²) in [6, 6.07) is 13.4. The first-order valence-corrected chi connectivity index (χ1v) is 8.41. The van der Waals surface area contributed by atoms with Crippen molar-refractivity contribution in [3.63, 3.8) is 0 Å². The lowest BCUT2D eigenvalue weighted by atomic mass is 10.2. The lowest BCUT2D eigenvalue weighted by Crippen LogP contribution is -2.16. The number of anilines is 1. The summed E-state index contributed by atoms with van der Waals surface area (Å²) in [5.41, 5.74) is 2.70. The highest BCUT2D eigenvalue weighted by atomic mass is 16.6. The number of imidazole rings is 1. The van der Waals surface area contributed by atoms with E-state index in [-0.39, 0.29) is 5.91 Å². The van der Waals surface area contributed by atoms with E-state index in [9.17, 15) is 4.79 Å². The van der Waals surface area contributed by atoms with Crippen molar-refractivity contribution >= 4 is 22.6 Å². The molecule has 0 atom stereocenters. The van der Waals surface area contributed by atoms with E-state index in [2.05, 4.69) is 15.3 Å². The quantitative estimate of drug-likeness (QED) is 0.749. The van der Waals surface area contributed by atoms with Gasteiger partial charge >= 0.3 is 0 Å². The number of fused-ring (bicyclic) bond motifs is 2. The van der Waals surface area contributed by atoms with E-state index in [4.69, 9.17) is 9.47 Å². The molecule has 4 rings (SSSR count). The number of H-pyrrole nitrogens is 1. The highest BCUT2D eigenvalue weighted by molar-refractivity contribution is 5.91. The molecule has 25 heavy (non-hydrogen) atoms. The summed E-state index contributed by atoms with van der Waals surface area (Å²) in [6.07, 6.45) is 1.91. The second-order valence-corrected chi connectivity index (χ2v) is 5.96. The van der Waals surface area contributed by atoms with E-state index < -0.39 is 0 Å². The molecule has 6 heteroatoms. The van der Waals surface area contributed by atoms with Crippen LogP contribution in [0.4, 0.5) is 5.69 Å². The zero-order valence-electron chi connectivity index (χ0n) is 13.7. The van der Waals surface area contributed by atoms with Gasteiger partial charge < -0.3 is 19.8 Å². The molecular formula is C19H19N3O3. The standard InChI is InChI=1S/C19H19N3O3/c23-19(20-13-8-9-16-17(12-13)25-11-10-24-16)7-3-6-18-21-14-4-1-2-5-15(14)22-18/h1-2,4-5,8-9,12H,3,6-7,10-11H2,(H,20,23)(H,21,22). The smallest absolute Gasteiger partial charge is 0.224 e. The van der Waals surface area contributed by atoms with Crippen LogP contribution in [-0.2, 0) is 11.2 Å². The molecular weight excluding hydrogens is 318 g/mol. The van der Waals surface area contributed by atoms with Crippen LogP contribution in [0.2, 0.25) is 0 Å². The molecule has 128 valence electrons. The Morgan fingerprint density at radius 2 is 1.96 bits per heavy atom. The summed E-state index contributed by atoms with van der Waals surface area (Å²) < 4.78 is 11.0. The first-order valence-electron chi connectivity index (χ1n) is 8.41. The number of nitrogens with zero attached hydrogens (tertiary/aromatic N) is 1. The molecule has 1 amide bonds. The van der Waals surface area contributed by atoms with Crippen molar-refractivity contribution in [2.75, 3.05) is 18.5 Å². The number of ether oxygens (including phenoxy) is 2. The second kappa shape index (κ2) is 6.84. The Hall–Kier alpha value is -3.02. The van der Waals surface area contributed by atoms with Crippen LogP contribution in [0, 0.1) is 0 Å². The highest BCUT2D eigenvalue weighted by Crippen LogP contribution is 2.32. The van der Waals surface area contributed by atoms with E-state index in [1.807, 2.05) is 36.4 Å². The van der Waals surface area contributed by atoms with E-state index >= 15 is 0 Å². The van der Waals surface area contributed by atoms with E-state index in [1.54, 1.807) is 6.07 Å². The number of carbonyl (C=O) groups is 1. The number of hydrogen-bond acceptors (Lipinski definition) is 4. The van der Waals surface area contributed by atoms with Gasteiger partial charge in [0.2, 0.25) is 5.91 Å². The summed E-state index contributed by atoms with van der Waals surface area (Å²) in [5, 5.41) is 2.90.